The Morgan fingerprint density at radius 3 is 2.64 bits per heavy atom. The van der Waals surface area contributed by atoms with Gasteiger partial charge in [0.2, 0.25) is 0 Å². The molecule has 1 heterocycles. The van der Waals surface area contributed by atoms with Gasteiger partial charge in [0.1, 0.15) is 5.60 Å². The fraction of sp³-hybridized carbons (Fsp3) is 0.875. The van der Waals surface area contributed by atoms with E-state index in [9.17, 15) is 4.79 Å². The first kappa shape index (κ1) is 8.53. The maximum atomic E-state index is 11.0. The Kier molecular flexibility index (Phi) is 2.18. The molecule has 1 fully saturated rings. The van der Waals surface area contributed by atoms with Crippen LogP contribution in [-0.2, 0) is 14.3 Å². The summed E-state index contributed by atoms with van der Waals surface area (Å²) in [4.78, 5) is 11.0. The highest BCUT2D eigenvalue weighted by Crippen LogP contribution is 2.39. The maximum Gasteiger partial charge on any atom is 0.338 e. The van der Waals surface area contributed by atoms with E-state index in [0.717, 1.165) is 6.42 Å². The largest absolute Gasteiger partial charge is 0.464 e. The lowest BCUT2D eigenvalue weighted by atomic mass is 10.1. The summed E-state index contributed by atoms with van der Waals surface area (Å²) in [6.07, 6.45) is 0.545. The van der Waals surface area contributed by atoms with E-state index < -0.39 is 0 Å². The van der Waals surface area contributed by atoms with Gasteiger partial charge in [0.25, 0.3) is 0 Å². The average Bonchev–Trinajstić information content (AvgIpc) is 2.65. The zero-order chi connectivity index (χ0) is 8.48. The van der Waals surface area contributed by atoms with Gasteiger partial charge in [-0.05, 0) is 20.3 Å². The van der Waals surface area contributed by atoms with Crippen molar-refractivity contribution in [2.24, 2.45) is 0 Å². The van der Waals surface area contributed by atoms with Crippen LogP contribution in [0.15, 0.2) is 0 Å². The van der Waals surface area contributed by atoms with E-state index in [1.807, 2.05) is 13.8 Å². The number of carbonyl (C=O) groups is 1. The molecule has 2 unspecified atom stereocenters. The number of carbonyl (C=O) groups excluding carboxylic acids is 1. The Morgan fingerprint density at radius 2 is 2.27 bits per heavy atom. The molecule has 64 valence electrons. The molecule has 0 aromatic carbocycles. The molecular weight excluding hydrogens is 144 g/mol. The average molecular weight is 158 g/mol. The fourth-order valence-corrected chi connectivity index (χ4v) is 1.02. The molecule has 0 saturated carbocycles. The Morgan fingerprint density at radius 1 is 1.64 bits per heavy atom. The third kappa shape index (κ3) is 1.53. The van der Waals surface area contributed by atoms with Gasteiger partial charge < -0.3 is 9.47 Å². The highest BCUT2D eigenvalue weighted by Gasteiger charge is 2.56. The molecule has 0 radical (unpaired) electrons. The van der Waals surface area contributed by atoms with Gasteiger partial charge in [-0.2, -0.15) is 0 Å². The van der Waals surface area contributed by atoms with Crippen LogP contribution in [-0.4, -0.2) is 24.3 Å². The van der Waals surface area contributed by atoms with Gasteiger partial charge in [-0.1, -0.05) is 6.92 Å². The van der Waals surface area contributed by atoms with Gasteiger partial charge in [-0.15, -0.1) is 0 Å². The minimum Gasteiger partial charge on any atom is -0.464 e. The predicted octanol–water partition coefficient (Wildman–Crippen LogP) is 1.12. The maximum absolute atomic E-state index is 11.0. The number of hydrogen-bond acceptors (Lipinski definition) is 3. The van der Waals surface area contributed by atoms with Crippen molar-refractivity contribution in [2.45, 2.75) is 38.9 Å². The van der Waals surface area contributed by atoms with Crippen LogP contribution in [0.25, 0.3) is 0 Å². The van der Waals surface area contributed by atoms with Crippen LogP contribution in [0.5, 0.6) is 0 Å². The van der Waals surface area contributed by atoms with Crippen molar-refractivity contribution in [3.05, 3.63) is 0 Å². The minimum absolute atomic E-state index is 0.225. The first-order chi connectivity index (χ1) is 5.14. The molecule has 1 saturated heterocycles. The number of ether oxygens (including phenoxy) is 2. The summed E-state index contributed by atoms with van der Waals surface area (Å²) < 4.78 is 9.99. The molecule has 3 heteroatoms. The molecule has 0 spiro atoms. The summed E-state index contributed by atoms with van der Waals surface area (Å²) in [7, 11) is 0. The van der Waals surface area contributed by atoms with Crippen LogP contribution < -0.4 is 0 Å². The van der Waals surface area contributed by atoms with Gasteiger partial charge >= 0.3 is 5.97 Å². The quantitative estimate of drug-likeness (QED) is 0.456. The van der Waals surface area contributed by atoms with Gasteiger partial charge in [-0.3, -0.25) is 0 Å². The van der Waals surface area contributed by atoms with E-state index >= 15 is 0 Å². The fourth-order valence-electron chi connectivity index (χ4n) is 1.02. The molecule has 0 amide bonds. The predicted molar refractivity (Wildman–Crippen MR) is 40.2 cm³/mol. The molecule has 3 nitrogen and oxygen atoms in total. The van der Waals surface area contributed by atoms with Gasteiger partial charge in [-0.25, -0.2) is 4.79 Å². The molecular formula is C8H14O3. The van der Waals surface area contributed by atoms with E-state index in [1.165, 1.54) is 0 Å². The van der Waals surface area contributed by atoms with Crippen molar-refractivity contribution < 1.29 is 14.3 Å². The molecule has 0 aliphatic carbocycles. The molecule has 11 heavy (non-hydrogen) atoms. The van der Waals surface area contributed by atoms with Gasteiger partial charge in [0.05, 0.1) is 6.61 Å². The Hall–Kier alpha value is -0.570. The Labute approximate surface area is 66.7 Å². The topological polar surface area (TPSA) is 38.8 Å². The smallest absolute Gasteiger partial charge is 0.338 e. The molecule has 1 aliphatic rings. The summed E-state index contributed by atoms with van der Waals surface area (Å²) >= 11 is 0. The van der Waals surface area contributed by atoms with E-state index in [1.54, 1.807) is 6.92 Å². The second-order valence-electron chi connectivity index (χ2n) is 2.92. The molecule has 0 aromatic rings. The van der Waals surface area contributed by atoms with Crippen molar-refractivity contribution in [2.75, 3.05) is 6.61 Å². The minimum atomic E-state index is -0.313. The third-order valence-electron chi connectivity index (χ3n) is 2.09. The molecule has 2 atom stereocenters. The zero-order valence-corrected chi connectivity index (χ0v) is 7.22. The van der Waals surface area contributed by atoms with Crippen molar-refractivity contribution in [1.29, 1.82) is 0 Å². The second kappa shape index (κ2) is 2.81. The summed E-state index contributed by atoms with van der Waals surface area (Å²) in [5.74, 6) is -0.225. The summed E-state index contributed by atoms with van der Waals surface area (Å²) in [6.45, 7) is 6.15. The second-order valence-corrected chi connectivity index (χ2v) is 2.92. The van der Waals surface area contributed by atoms with Gasteiger partial charge in [0, 0.05) is 0 Å². The van der Waals surface area contributed by atoms with Gasteiger partial charge in [0.15, 0.2) is 6.10 Å². The van der Waals surface area contributed by atoms with E-state index in [4.69, 9.17) is 9.47 Å². The third-order valence-corrected chi connectivity index (χ3v) is 2.09. The van der Waals surface area contributed by atoms with Crippen LogP contribution in [0.4, 0.5) is 0 Å². The summed E-state index contributed by atoms with van der Waals surface area (Å²) in [6, 6.07) is 0. The monoisotopic (exact) mass is 158 g/mol. The van der Waals surface area contributed by atoms with Crippen molar-refractivity contribution in [3.8, 4) is 0 Å². The number of epoxide rings is 1. The molecule has 0 N–H and O–H groups in total. The number of rotatable bonds is 3. The van der Waals surface area contributed by atoms with Crippen LogP contribution in [0.3, 0.4) is 0 Å². The lowest BCUT2D eigenvalue weighted by Crippen LogP contribution is -2.19. The molecule has 1 aliphatic heterocycles. The highest BCUT2D eigenvalue weighted by atomic mass is 16.7. The van der Waals surface area contributed by atoms with Crippen LogP contribution in [0.1, 0.15) is 27.2 Å². The summed E-state index contributed by atoms with van der Waals surface area (Å²) in [5, 5.41) is 0. The summed E-state index contributed by atoms with van der Waals surface area (Å²) in [5.41, 5.74) is -0.244. The SMILES string of the molecule is CCOC(=O)C1OC1(C)CC. The lowest BCUT2D eigenvalue weighted by molar-refractivity contribution is -0.144. The number of hydrogen-bond donors (Lipinski definition) is 0. The van der Waals surface area contributed by atoms with Crippen LogP contribution >= 0.6 is 0 Å². The first-order valence-electron chi connectivity index (χ1n) is 3.98. The standard InChI is InChI=1S/C8H14O3/c1-4-8(3)6(11-8)7(9)10-5-2/h6H,4-5H2,1-3H3. The normalized spacial score (nSPS) is 35.0. The highest BCUT2D eigenvalue weighted by molar-refractivity contribution is 5.79. The molecule has 0 aromatic heterocycles. The van der Waals surface area contributed by atoms with Crippen molar-refractivity contribution in [3.63, 3.8) is 0 Å². The molecule has 0 bridgehead atoms. The Balaban J connectivity index is 2.36. The van der Waals surface area contributed by atoms with Crippen LogP contribution in [0, 0.1) is 0 Å². The van der Waals surface area contributed by atoms with E-state index in [2.05, 4.69) is 0 Å². The number of esters is 1. The lowest BCUT2D eigenvalue weighted by Gasteiger charge is -2.00. The van der Waals surface area contributed by atoms with Crippen LogP contribution in [0.2, 0.25) is 0 Å². The first-order valence-corrected chi connectivity index (χ1v) is 3.98. The zero-order valence-electron chi connectivity index (χ0n) is 7.22. The van der Waals surface area contributed by atoms with E-state index in [0.29, 0.717) is 6.61 Å². The van der Waals surface area contributed by atoms with Crippen molar-refractivity contribution in [1.82, 2.24) is 0 Å². The molecule has 1 rings (SSSR count). The van der Waals surface area contributed by atoms with E-state index in [-0.39, 0.29) is 17.7 Å². The Bertz CT molecular complexity index is 167. The van der Waals surface area contributed by atoms with Crippen molar-refractivity contribution >= 4 is 5.97 Å².